The van der Waals surface area contributed by atoms with E-state index in [2.05, 4.69) is 5.32 Å². The molecule has 0 bridgehead atoms. The summed E-state index contributed by atoms with van der Waals surface area (Å²) in [4.78, 5) is 23.4. The van der Waals surface area contributed by atoms with Gasteiger partial charge in [-0.15, -0.1) is 0 Å². The van der Waals surface area contributed by atoms with Crippen LogP contribution in [0.4, 0.5) is 5.69 Å². The van der Waals surface area contributed by atoms with Crippen molar-refractivity contribution in [2.75, 3.05) is 18.5 Å². The van der Waals surface area contributed by atoms with Gasteiger partial charge in [0.1, 0.15) is 54.6 Å². The van der Waals surface area contributed by atoms with E-state index in [-0.39, 0.29) is 17.0 Å². The number of carboxylic acids is 1. The number of hydrogen-bond donors (Lipinski definition) is 10. The van der Waals surface area contributed by atoms with E-state index in [0.717, 1.165) is 6.07 Å². The van der Waals surface area contributed by atoms with E-state index in [1.807, 2.05) is 0 Å². The van der Waals surface area contributed by atoms with Crippen molar-refractivity contribution in [1.82, 2.24) is 0 Å². The number of aliphatic hydroxyl groups excluding tert-OH is 7. The smallest absolute Gasteiger partial charge is 0.307 e. The Kier molecular flexibility index (Phi) is 8.22. The lowest BCUT2D eigenvalue weighted by Crippen LogP contribution is -2.65. The van der Waals surface area contributed by atoms with Gasteiger partial charge in [-0.2, -0.15) is 0 Å². The molecule has 212 valence electrons. The fourth-order valence-corrected chi connectivity index (χ4v) is 4.58. The molecule has 4 rings (SSSR count). The van der Waals surface area contributed by atoms with Gasteiger partial charge >= 0.3 is 5.97 Å². The van der Waals surface area contributed by atoms with Gasteiger partial charge in [0.25, 0.3) is 5.91 Å². The number of aliphatic hydroxyl groups is 8. The molecule has 0 aromatic heterocycles. The van der Waals surface area contributed by atoms with E-state index in [9.17, 15) is 50.4 Å². The fourth-order valence-electron chi connectivity index (χ4n) is 4.58. The van der Waals surface area contributed by atoms with Crippen LogP contribution in [0.2, 0.25) is 0 Å². The summed E-state index contributed by atoms with van der Waals surface area (Å²) in [6, 6.07) is 3.80. The highest BCUT2D eigenvalue weighted by Gasteiger charge is 2.51. The Balaban J connectivity index is 1.50. The van der Waals surface area contributed by atoms with Crippen LogP contribution in [0, 0.1) is 0 Å². The highest BCUT2D eigenvalue weighted by atomic mass is 16.7. The number of anilines is 1. The summed E-state index contributed by atoms with van der Waals surface area (Å²) in [6.07, 6.45) is -17.4. The Labute approximate surface area is 214 Å². The molecule has 0 radical (unpaired) electrons. The summed E-state index contributed by atoms with van der Waals surface area (Å²) >= 11 is 0. The van der Waals surface area contributed by atoms with Crippen molar-refractivity contribution in [3.05, 3.63) is 23.8 Å². The van der Waals surface area contributed by atoms with E-state index in [0.29, 0.717) is 0 Å². The molecule has 16 nitrogen and oxygen atoms in total. The van der Waals surface area contributed by atoms with Crippen molar-refractivity contribution in [2.45, 2.75) is 73.4 Å². The van der Waals surface area contributed by atoms with Crippen LogP contribution in [0.25, 0.3) is 0 Å². The van der Waals surface area contributed by atoms with E-state index in [1.54, 1.807) is 0 Å². The van der Waals surface area contributed by atoms with Gasteiger partial charge < -0.3 is 70.2 Å². The van der Waals surface area contributed by atoms with E-state index in [4.69, 9.17) is 24.1 Å². The molecule has 2 fully saturated rings. The number of carboxylic acid groups (broad SMARTS) is 1. The van der Waals surface area contributed by atoms with Gasteiger partial charge in [-0.1, -0.05) is 0 Å². The number of rotatable bonds is 8. The topological polar surface area (TPSA) is 265 Å². The van der Waals surface area contributed by atoms with Gasteiger partial charge in [0.2, 0.25) is 6.29 Å². The zero-order chi connectivity index (χ0) is 27.9. The third kappa shape index (κ3) is 5.08. The molecule has 3 aliphatic heterocycles. The first-order valence-corrected chi connectivity index (χ1v) is 11.6. The van der Waals surface area contributed by atoms with Crippen molar-refractivity contribution in [3.63, 3.8) is 0 Å². The van der Waals surface area contributed by atoms with Crippen molar-refractivity contribution < 1.29 is 74.5 Å². The van der Waals surface area contributed by atoms with Crippen molar-refractivity contribution in [3.8, 4) is 5.75 Å². The van der Waals surface area contributed by atoms with Crippen molar-refractivity contribution in [2.24, 2.45) is 0 Å². The SMILES string of the molecule is O=C(O)C[C@]1(O)C(=O)Nc2ccc(O[C@@H]3O[C@H](CO)[C@@H](O[C@@H]4O[C@H](CO)[C@@H](O)[C@H](O)[C@H]4O)[C@H](O)[C@H]3O)cc21. The van der Waals surface area contributed by atoms with Gasteiger partial charge in [-0.25, -0.2) is 0 Å². The number of aliphatic carboxylic acids is 1. The second kappa shape index (κ2) is 10.9. The molecule has 1 aromatic carbocycles. The van der Waals surface area contributed by atoms with Crippen molar-refractivity contribution in [1.29, 1.82) is 0 Å². The van der Waals surface area contributed by atoms with Crippen LogP contribution in [0.15, 0.2) is 18.2 Å². The number of nitrogens with one attached hydrogen (secondary N) is 1. The Morgan fingerprint density at radius 3 is 2.18 bits per heavy atom. The molecule has 0 unspecified atom stereocenters. The van der Waals surface area contributed by atoms with E-state index < -0.39 is 98.5 Å². The summed E-state index contributed by atoms with van der Waals surface area (Å²) in [6.45, 7) is -1.52. The molecular weight excluding hydrogens is 518 g/mol. The molecule has 3 heterocycles. The van der Waals surface area contributed by atoms with Gasteiger partial charge in [-0.05, 0) is 18.2 Å². The Hall–Kier alpha value is -2.48. The largest absolute Gasteiger partial charge is 0.481 e. The second-order valence-electron chi connectivity index (χ2n) is 9.21. The molecule has 10 N–H and O–H groups in total. The Morgan fingerprint density at radius 2 is 1.55 bits per heavy atom. The summed E-state index contributed by atoms with van der Waals surface area (Å²) in [7, 11) is 0. The minimum absolute atomic E-state index is 0.0923. The van der Waals surface area contributed by atoms with Crippen LogP contribution in [-0.2, 0) is 29.4 Å². The number of benzene rings is 1. The zero-order valence-electron chi connectivity index (χ0n) is 19.6. The van der Waals surface area contributed by atoms with Gasteiger partial charge in [0.05, 0.1) is 19.6 Å². The molecule has 0 spiro atoms. The fraction of sp³-hybridized carbons (Fsp3) is 0.636. The average Bonchev–Trinajstić information content (AvgIpc) is 3.11. The lowest BCUT2D eigenvalue weighted by atomic mass is 9.92. The van der Waals surface area contributed by atoms with Crippen LogP contribution in [0.1, 0.15) is 12.0 Å². The zero-order valence-corrected chi connectivity index (χ0v) is 19.6. The normalized spacial score (nSPS) is 40.9. The molecule has 16 heteroatoms. The Morgan fingerprint density at radius 1 is 0.921 bits per heavy atom. The molecule has 11 atom stereocenters. The number of carbonyl (C=O) groups excluding carboxylic acids is 1. The first-order valence-electron chi connectivity index (χ1n) is 11.6. The highest BCUT2D eigenvalue weighted by Crippen LogP contribution is 2.41. The molecule has 0 aliphatic carbocycles. The van der Waals surface area contributed by atoms with Crippen molar-refractivity contribution >= 4 is 17.6 Å². The van der Waals surface area contributed by atoms with Gasteiger partial charge in [-0.3, -0.25) is 9.59 Å². The Bertz CT molecular complexity index is 1040. The first kappa shape index (κ1) is 28.5. The van der Waals surface area contributed by atoms with E-state index >= 15 is 0 Å². The molecule has 1 aromatic rings. The van der Waals surface area contributed by atoms with Gasteiger partial charge in [0.15, 0.2) is 11.9 Å². The quantitative estimate of drug-likeness (QED) is 0.146. The molecular formula is C22H29NO15. The lowest BCUT2D eigenvalue weighted by molar-refractivity contribution is -0.352. The minimum atomic E-state index is -2.38. The maximum atomic E-state index is 12.2. The van der Waals surface area contributed by atoms with Crippen LogP contribution in [0.3, 0.4) is 0 Å². The summed E-state index contributed by atoms with van der Waals surface area (Å²) in [5.74, 6) is -2.48. The summed E-state index contributed by atoms with van der Waals surface area (Å²) < 4.78 is 21.8. The minimum Gasteiger partial charge on any atom is -0.481 e. The van der Waals surface area contributed by atoms with Crippen LogP contribution < -0.4 is 10.1 Å². The number of ether oxygens (including phenoxy) is 4. The molecule has 3 aliphatic rings. The maximum absolute atomic E-state index is 12.2. The first-order chi connectivity index (χ1) is 17.9. The molecule has 1 amide bonds. The van der Waals surface area contributed by atoms with Gasteiger partial charge in [0, 0.05) is 11.3 Å². The predicted molar refractivity (Wildman–Crippen MR) is 118 cm³/mol. The third-order valence-electron chi connectivity index (χ3n) is 6.68. The summed E-state index contributed by atoms with van der Waals surface area (Å²) in [5, 5.41) is 92.7. The molecule has 2 saturated heterocycles. The lowest BCUT2D eigenvalue weighted by Gasteiger charge is -2.45. The van der Waals surface area contributed by atoms with Crippen LogP contribution in [-0.4, -0.2) is 132 Å². The second-order valence-corrected chi connectivity index (χ2v) is 9.21. The summed E-state index contributed by atoms with van der Waals surface area (Å²) in [5.41, 5.74) is -2.35. The average molecular weight is 547 g/mol. The highest BCUT2D eigenvalue weighted by molar-refractivity contribution is 6.06. The standard InChI is InChI=1S/C22H29NO15/c24-5-10-13(28)14(29)16(31)20(36-10)38-18-11(6-25)37-19(17(32)15(18)30)35-7-1-2-9-8(3-7)22(34,4-12(26)27)21(33)23-9/h1-3,10-11,13-20,24-25,28-32,34H,4-6H2,(H,23,33)(H,26,27)/t10-,11-,13-,14+,15-,16-,17-,18-,19-,20+,22-/m1/s1. The number of fused-ring (bicyclic) bond motifs is 1. The van der Waals surface area contributed by atoms with Crippen LogP contribution in [0.5, 0.6) is 5.75 Å². The number of amides is 1. The third-order valence-corrected chi connectivity index (χ3v) is 6.68. The van der Waals surface area contributed by atoms with Crippen LogP contribution >= 0.6 is 0 Å². The monoisotopic (exact) mass is 547 g/mol. The predicted octanol–water partition coefficient (Wildman–Crippen LogP) is -4.70. The number of carbonyl (C=O) groups is 2. The number of hydrogen-bond acceptors (Lipinski definition) is 14. The molecule has 38 heavy (non-hydrogen) atoms. The molecule has 0 saturated carbocycles. The maximum Gasteiger partial charge on any atom is 0.307 e. The van der Waals surface area contributed by atoms with E-state index in [1.165, 1.54) is 12.1 Å².